The second-order valence-electron chi connectivity index (χ2n) is 5.55. The Morgan fingerprint density at radius 1 is 1.47 bits per heavy atom. The zero-order valence-corrected chi connectivity index (χ0v) is 9.75. The Morgan fingerprint density at radius 2 is 2.20 bits per heavy atom. The molecule has 4 nitrogen and oxygen atoms in total. The van der Waals surface area contributed by atoms with E-state index in [1.165, 1.54) is 6.42 Å². The first-order valence-electron chi connectivity index (χ1n) is 5.68. The minimum atomic E-state index is -0.384. The summed E-state index contributed by atoms with van der Waals surface area (Å²) in [5, 5.41) is 2.14. The molecule has 4 heteroatoms. The number of nitrogens with zero attached hydrogens (tertiary/aromatic N) is 1. The van der Waals surface area contributed by atoms with Crippen LogP contribution in [0.2, 0.25) is 0 Å². The van der Waals surface area contributed by atoms with E-state index in [0.717, 1.165) is 19.5 Å². The molecule has 0 amide bonds. The molecule has 2 fully saturated rings. The topological polar surface area (TPSA) is 41.6 Å². The molecule has 3 atom stereocenters. The van der Waals surface area contributed by atoms with Gasteiger partial charge >= 0.3 is 5.97 Å². The van der Waals surface area contributed by atoms with Crippen molar-refractivity contribution < 1.29 is 9.53 Å². The minimum Gasteiger partial charge on any atom is -0.459 e. The largest absolute Gasteiger partial charge is 0.459 e. The van der Waals surface area contributed by atoms with Crippen LogP contribution in [-0.2, 0) is 9.53 Å². The number of esters is 1. The van der Waals surface area contributed by atoms with Crippen molar-refractivity contribution in [3.8, 4) is 0 Å². The maximum atomic E-state index is 11.8. The molecule has 0 spiro atoms. The van der Waals surface area contributed by atoms with Gasteiger partial charge in [-0.2, -0.15) is 0 Å². The van der Waals surface area contributed by atoms with Crippen molar-refractivity contribution in [2.75, 3.05) is 13.1 Å². The molecule has 15 heavy (non-hydrogen) atoms. The summed E-state index contributed by atoms with van der Waals surface area (Å²) in [6.45, 7) is 7.86. The normalized spacial score (nSPS) is 35.3. The molecule has 3 unspecified atom stereocenters. The second-order valence-corrected chi connectivity index (χ2v) is 5.55. The van der Waals surface area contributed by atoms with E-state index < -0.39 is 0 Å². The predicted octanol–water partition coefficient (Wildman–Crippen LogP) is 0.927. The van der Waals surface area contributed by atoms with Crippen molar-refractivity contribution in [1.29, 1.82) is 0 Å². The smallest absolute Gasteiger partial charge is 0.325 e. The lowest BCUT2D eigenvalue weighted by atomic mass is 9.98. The molecule has 2 bridgehead atoms. The Hall–Kier alpha value is -0.610. The molecule has 2 saturated heterocycles. The number of ether oxygens (including phenoxy) is 1. The maximum absolute atomic E-state index is 11.8. The third kappa shape index (κ3) is 2.69. The Bertz CT molecular complexity index is 248. The molecule has 0 aromatic rings. The monoisotopic (exact) mass is 212 g/mol. The number of nitrogens with one attached hydrogen (secondary N) is 1. The quantitative estimate of drug-likeness (QED) is 0.656. The number of hydrazine groups is 1. The van der Waals surface area contributed by atoms with Gasteiger partial charge in [-0.3, -0.25) is 4.79 Å². The maximum Gasteiger partial charge on any atom is 0.325 e. The molecule has 0 saturated carbocycles. The Balaban J connectivity index is 1.91. The van der Waals surface area contributed by atoms with Gasteiger partial charge in [-0.25, -0.2) is 10.4 Å². The highest BCUT2D eigenvalue weighted by molar-refractivity contribution is 5.76. The average Bonchev–Trinajstić information content (AvgIpc) is 2.42. The van der Waals surface area contributed by atoms with Crippen LogP contribution < -0.4 is 5.43 Å². The van der Waals surface area contributed by atoms with E-state index in [0.29, 0.717) is 5.92 Å². The number of hydrogen-bond donors (Lipinski definition) is 1. The molecule has 0 aliphatic carbocycles. The Labute approximate surface area is 90.9 Å². The summed E-state index contributed by atoms with van der Waals surface area (Å²) in [7, 11) is 0. The van der Waals surface area contributed by atoms with Gasteiger partial charge < -0.3 is 4.74 Å². The van der Waals surface area contributed by atoms with E-state index in [9.17, 15) is 4.79 Å². The van der Waals surface area contributed by atoms with E-state index in [1.807, 2.05) is 20.8 Å². The van der Waals surface area contributed by atoms with E-state index in [2.05, 4.69) is 10.4 Å². The number of carbonyl (C=O) groups is 1. The van der Waals surface area contributed by atoms with Crippen LogP contribution in [0.1, 0.15) is 33.6 Å². The first kappa shape index (κ1) is 10.9. The fourth-order valence-electron chi connectivity index (χ4n) is 2.27. The summed E-state index contributed by atoms with van der Waals surface area (Å²) in [5.74, 6) is 0.558. The number of fused-ring (bicyclic) bond motifs is 2. The van der Waals surface area contributed by atoms with Crippen molar-refractivity contribution >= 4 is 5.97 Å². The standard InChI is InChI=1S/C11H20N2O2/c1-11(2,3)15-10(14)9-6-8-4-5-13(7-8)12-9/h8-9,12H,4-7H2,1-3H3. The zero-order chi connectivity index (χ0) is 11.1. The second kappa shape index (κ2) is 3.76. The lowest BCUT2D eigenvalue weighted by Gasteiger charge is -2.32. The SMILES string of the molecule is CC(C)(C)OC(=O)C1CC2CCN(C2)N1. The van der Waals surface area contributed by atoms with Crippen LogP contribution in [-0.4, -0.2) is 35.7 Å². The summed E-state index contributed by atoms with van der Waals surface area (Å²) < 4.78 is 5.37. The number of hydrogen-bond acceptors (Lipinski definition) is 4. The summed E-state index contributed by atoms with van der Waals surface area (Å²) >= 11 is 0. The van der Waals surface area contributed by atoms with Crippen molar-refractivity contribution in [2.45, 2.75) is 45.3 Å². The lowest BCUT2D eigenvalue weighted by Crippen LogP contribution is -2.52. The first-order valence-corrected chi connectivity index (χ1v) is 5.68. The molecule has 0 aromatic heterocycles. The molecule has 0 aromatic carbocycles. The van der Waals surface area contributed by atoms with Crippen molar-refractivity contribution in [3.05, 3.63) is 0 Å². The summed E-state index contributed by atoms with van der Waals surface area (Å²) in [6.07, 6.45) is 2.12. The van der Waals surface area contributed by atoms with Crippen LogP contribution in [0.4, 0.5) is 0 Å². The van der Waals surface area contributed by atoms with Crippen LogP contribution in [0.3, 0.4) is 0 Å². The highest BCUT2D eigenvalue weighted by Gasteiger charge is 2.37. The highest BCUT2D eigenvalue weighted by Crippen LogP contribution is 2.26. The van der Waals surface area contributed by atoms with Gasteiger partial charge in [-0.05, 0) is 39.5 Å². The van der Waals surface area contributed by atoms with Gasteiger partial charge in [0.1, 0.15) is 11.6 Å². The molecule has 0 radical (unpaired) electrons. The van der Waals surface area contributed by atoms with Crippen molar-refractivity contribution in [2.24, 2.45) is 5.92 Å². The van der Waals surface area contributed by atoms with Crippen LogP contribution >= 0.6 is 0 Å². The summed E-state index contributed by atoms with van der Waals surface area (Å²) in [4.78, 5) is 11.8. The molecule has 1 N–H and O–H groups in total. The van der Waals surface area contributed by atoms with E-state index in [-0.39, 0.29) is 17.6 Å². The summed E-state index contributed by atoms with van der Waals surface area (Å²) in [6, 6.07) is -0.134. The summed E-state index contributed by atoms with van der Waals surface area (Å²) in [5.41, 5.74) is 2.84. The van der Waals surface area contributed by atoms with Crippen LogP contribution in [0.25, 0.3) is 0 Å². The van der Waals surface area contributed by atoms with Crippen molar-refractivity contribution in [1.82, 2.24) is 10.4 Å². The lowest BCUT2D eigenvalue weighted by molar-refractivity contribution is -0.160. The van der Waals surface area contributed by atoms with E-state index in [4.69, 9.17) is 4.74 Å². The van der Waals surface area contributed by atoms with Gasteiger partial charge in [-0.1, -0.05) is 0 Å². The molecule has 2 aliphatic rings. The van der Waals surface area contributed by atoms with E-state index >= 15 is 0 Å². The predicted molar refractivity (Wildman–Crippen MR) is 57.1 cm³/mol. The van der Waals surface area contributed by atoms with E-state index in [1.54, 1.807) is 0 Å². The molecule has 86 valence electrons. The Morgan fingerprint density at radius 3 is 2.80 bits per heavy atom. The van der Waals surface area contributed by atoms with Crippen LogP contribution in [0.5, 0.6) is 0 Å². The molecule has 2 heterocycles. The van der Waals surface area contributed by atoms with Crippen LogP contribution in [0.15, 0.2) is 0 Å². The number of carbonyl (C=O) groups excluding carboxylic acids is 1. The van der Waals surface area contributed by atoms with Gasteiger partial charge in [0.25, 0.3) is 0 Å². The zero-order valence-electron chi connectivity index (χ0n) is 9.75. The Kier molecular flexibility index (Phi) is 2.73. The molecule has 2 aliphatic heterocycles. The molecular formula is C11H20N2O2. The minimum absolute atomic E-state index is 0.112. The fourth-order valence-corrected chi connectivity index (χ4v) is 2.27. The number of rotatable bonds is 1. The van der Waals surface area contributed by atoms with Gasteiger partial charge in [0.15, 0.2) is 0 Å². The van der Waals surface area contributed by atoms with Gasteiger partial charge in [0.05, 0.1) is 0 Å². The average molecular weight is 212 g/mol. The van der Waals surface area contributed by atoms with Crippen molar-refractivity contribution in [3.63, 3.8) is 0 Å². The third-order valence-corrected chi connectivity index (χ3v) is 2.88. The molecular weight excluding hydrogens is 192 g/mol. The molecule has 2 rings (SSSR count). The van der Waals surface area contributed by atoms with Gasteiger partial charge in [-0.15, -0.1) is 0 Å². The first-order chi connectivity index (χ1) is 6.94. The third-order valence-electron chi connectivity index (χ3n) is 2.88. The fraction of sp³-hybridized carbons (Fsp3) is 0.909. The van der Waals surface area contributed by atoms with Gasteiger partial charge in [0, 0.05) is 13.1 Å². The van der Waals surface area contributed by atoms with Gasteiger partial charge in [0.2, 0.25) is 0 Å². The highest BCUT2D eigenvalue weighted by atomic mass is 16.6. The van der Waals surface area contributed by atoms with Crippen LogP contribution in [0, 0.1) is 5.92 Å².